The minimum absolute atomic E-state index is 0.144. The molecule has 0 saturated heterocycles. The zero-order valence-electron chi connectivity index (χ0n) is 18.6. The standard InChI is InChI=1S/C26H23F2N3O3/c1-15(24(32)29-14-16-11-17(27)13-18(28)12-16)25(33)30-23-21-9-4-3-7-19(21)20-8-5-6-10-22(20)31(2)26(23)34/h3-13,15,23H,14H2,1-2H3,(H,29,32)(H,30,33)/t15-,23-/m0/s1. The van der Waals surface area contributed by atoms with E-state index >= 15 is 0 Å². The molecule has 1 heterocycles. The second-order valence-electron chi connectivity index (χ2n) is 8.16. The minimum Gasteiger partial charge on any atom is -0.351 e. The van der Waals surface area contributed by atoms with Gasteiger partial charge in [0, 0.05) is 25.2 Å². The number of nitrogens with zero attached hydrogens (tertiary/aromatic N) is 1. The second-order valence-corrected chi connectivity index (χ2v) is 8.16. The molecule has 6 nitrogen and oxygen atoms in total. The monoisotopic (exact) mass is 463 g/mol. The molecule has 2 N–H and O–H groups in total. The summed E-state index contributed by atoms with van der Waals surface area (Å²) >= 11 is 0. The molecule has 0 saturated carbocycles. The first-order chi connectivity index (χ1) is 16.3. The number of hydrogen-bond acceptors (Lipinski definition) is 3. The zero-order valence-corrected chi connectivity index (χ0v) is 18.6. The van der Waals surface area contributed by atoms with Crippen molar-refractivity contribution in [3.05, 3.63) is 89.5 Å². The Bertz CT molecular complexity index is 1260. The van der Waals surface area contributed by atoms with Crippen LogP contribution in [0.4, 0.5) is 14.5 Å². The van der Waals surface area contributed by atoms with Gasteiger partial charge in [0.1, 0.15) is 23.6 Å². The van der Waals surface area contributed by atoms with Gasteiger partial charge in [0.05, 0.1) is 5.69 Å². The lowest BCUT2D eigenvalue weighted by molar-refractivity contribution is -0.136. The number of para-hydroxylation sites is 1. The van der Waals surface area contributed by atoms with Crippen molar-refractivity contribution < 1.29 is 23.2 Å². The van der Waals surface area contributed by atoms with Crippen LogP contribution in [0.3, 0.4) is 0 Å². The van der Waals surface area contributed by atoms with Gasteiger partial charge in [0.15, 0.2) is 0 Å². The maximum atomic E-state index is 13.4. The fourth-order valence-corrected chi connectivity index (χ4v) is 4.01. The van der Waals surface area contributed by atoms with Crippen molar-refractivity contribution in [2.24, 2.45) is 5.92 Å². The molecule has 8 heteroatoms. The quantitative estimate of drug-likeness (QED) is 0.566. The summed E-state index contributed by atoms with van der Waals surface area (Å²) in [5.41, 5.74) is 3.24. The van der Waals surface area contributed by atoms with E-state index in [-0.39, 0.29) is 18.0 Å². The molecule has 0 aromatic heterocycles. The van der Waals surface area contributed by atoms with Crippen LogP contribution in [0.5, 0.6) is 0 Å². The van der Waals surface area contributed by atoms with Crippen LogP contribution in [0.2, 0.25) is 0 Å². The minimum atomic E-state index is -1.14. The SMILES string of the molecule is C[C@@H](C(=O)NCc1cc(F)cc(F)c1)C(=O)N[C@@H]1C(=O)N(C)c2ccccc2-c2ccccc21. The highest BCUT2D eigenvalue weighted by atomic mass is 19.1. The fourth-order valence-electron chi connectivity index (χ4n) is 4.01. The Labute approximate surface area is 195 Å². The predicted molar refractivity (Wildman–Crippen MR) is 124 cm³/mol. The van der Waals surface area contributed by atoms with Crippen LogP contribution < -0.4 is 15.5 Å². The highest BCUT2D eigenvalue weighted by Gasteiger charge is 2.34. The molecule has 0 bridgehead atoms. The molecule has 3 aromatic rings. The number of rotatable bonds is 5. The number of anilines is 1. The van der Waals surface area contributed by atoms with Crippen molar-refractivity contribution in [2.45, 2.75) is 19.5 Å². The normalized spacial score (nSPS) is 15.6. The molecule has 4 rings (SSSR count). The number of hydrogen-bond donors (Lipinski definition) is 2. The van der Waals surface area contributed by atoms with Gasteiger partial charge < -0.3 is 15.5 Å². The van der Waals surface area contributed by atoms with Crippen LogP contribution in [-0.4, -0.2) is 24.8 Å². The number of carbonyl (C=O) groups is 3. The number of nitrogens with one attached hydrogen (secondary N) is 2. The molecule has 2 atom stereocenters. The molecule has 0 fully saturated rings. The average Bonchev–Trinajstić information content (AvgIpc) is 2.91. The molecule has 34 heavy (non-hydrogen) atoms. The van der Waals surface area contributed by atoms with E-state index in [0.717, 1.165) is 29.3 Å². The van der Waals surface area contributed by atoms with Crippen molar-refractivity contribution in [3.63, 3.8) is 0 Å². The maximum Gasteiger partial charge on any atom is 0.253 e. The van der Waals surface area contributed by atoms with E-state index in [9.17, 15) is 23.2 Å². The smallest absolute Gasteiger partial charge is 0.253 e. The van der Waals surface area contributed by atoms with Crippen molar-refractivity contribution in [1.82, 2.24) is 10.6 Å². The summed E-state index contributed by atoms with van der Waals surface area (Å²) in [7, 11) is 1.64. The van der Waals surface area contributed by atoms with Crippen molar-refractivity contribution >= 4 is 23.4 Å². The molecule has 1 aliphatic heterocycles. The van der Waals surface area contributed by atoms with Crippen LogP contribution in [0.25, 0.3) is 11.1 Å². The van der Waals surface area contributed by atoms with E-state index in [1.165, 1.54) is 11.8 Å². The van der Waals surface area contributed by atoms with Gasteiger partial charge in [-0.1, -0.05) is 42.5 Å². The fraction of sp³-hybridized carbons (Fsp3) is 0.192. The Balaban J connectivity index is 1.52. The van der Waals surface area contributed by atoms with E-state index in [0.29, 0.717) is 11.3 Å². The molecule has 0 radical (unpaired) electrons. The summed E-state index contributed by atoms with van der Waals surface area (Å²) in [5.74, 6) is -4.28. The molecule has 3 amide bonds. The number of likely N-dealkylation sites (N-methyl/N-ethyl adjacent to an activating group) is 1. The first kappa shape index (κ1) is 23.1. The molecule has 0 unspecified atom stereocenters. The van der Waals surface area contributed by atoms with Crippen LogP contribution in [0, 0.1) is 17.6 Å². The highest BCUT2D eigenvalue weighted by molar-refractivity contribution is 6.07. The predicted octanol–water partition coefficient (Wildman–Crippen LogP) is 3.72. The third-order valence-corrected chi connectivity index (χ3v) is 5.87. The van der Waals surface area contributed by atoms with Crippen LogP contribution >= 0.6 is 0 Å². The third kappa shape index (κ3) is 4.52. The van der Waals surface area contributed by atoms with Gasteiger partial charge >= 0.3 is 0 Å². The van der Waals surface area contributed by atoms with Gasteiger partial charge in [0.2, 0.25) is 11.8 Å². The Hall–Kier alpha value is -4.07. The summed E-state index contributed by atoms with van der Waals surface area (Å²) < 4.78 is 26.7. The largest absolute Gasteiger partial charge is 0.351 e. The second kappa shape index (κ2) is 9.43. The van der Waals surface area contributed by atoms with E-state index in [2.05, 4.69) is 10.6 Å². The van der Waals surface area contributed by atoms with Gasteiger partial charge in [-0.25, -0.2) is 8.78 Å². The number of benzene rings is 3. The zero-order chi connectivity index (χ0) is 24.4. The maximum absolute atomic E-state index is 13.4. The summed E-state index contributed by atoms with van der Waals surface area (Å²) in [4.78, 5) is 40.3. The molecule has 0 aliphatic carbocycles. The summed E-state index contributed by atoms with van der Waals surface area (Å²) in [6.45, 7) is 1.26. The summed E-state index contributed by atoms with van der Waals surface area (Å²) in [6, 6.07) is 16.7. The van der Waals surface area contributed by atoms with Crippen LogP contribution in [0.1, 0.15) is 24.1 Å². The van der Waals surface area contributed by atoms with Crippen molar-refractivity contribution in [3.8, 4) is 11.1 Å². The molecule has 174 valence electrons. The van der Waals surface area contributed by atoms with E-state index in [1.807, 2.05) is 36.4 Å². The van der Waals surface area contributed by atoms with Crippen molar-refractivity contribution in [1.29, 1.82) is 0 Å². The molecular formula is C26H23F2N3O3. The highest BCUT2D eigenvalue weighted by Crippen LogP contribution is 2.39. The Kier molecular flexibility index (Phi) is 6.40. The van der Waals surface area contributed by atoms with Gasteiger partial charge in [0.25, 0.3) is 5.91 Å². The topological polar surface area (TPSA) is 78.5 Å². The van der Waals surface area contributed by atoms with Gasteiger partial charge in [-0.2, -0.15) is 0 Å². The van der Waals surface area contributed by atoms with E-state index in [4.69, 9.17) is 0 Å². The molecule has 1 aliphatic rings. The van der Waals surface area contributed by atoms with Gasteiger partial charge in [-0.3, -0.25) is 14.4 Å². The summed E-state index contributed by atoms with van der Waals surface area (Å²) in [6.07, 6.45) is 0. The first-order valence-corrected chi connectivity index (χ1v) is 10.7. The van der Waals surface area contributed by atoms with E-state index < -0.39 is 35.4 Å². The van der Waals surface area contributed by atoms with Crippen molar-refractivity contribution in [2.75, 3.05) is 11.9 Å². The molecule has 3 aromatic carbocycles. The first-order valence-electron chi connectivity index (χ1n) is 10.7. The van der Waals surface area contributed by atoms with Gasteiger partial charge in [-0.15, -0.1) is 0 Å². The average molecular weight is 463 g/mol. The Morgan fingerprint density at radius 2 is 1.56 bits per heavy atom. The number of amides is 3. The number of fused-ring (bicyclic) bond motifs is 3. The Morgan fingerprint density at radius 1 is 0.941 bits per heavy atom. The van der Waals surface area contributed by atoms with Gasteiger partial charge in [-0.05, 0) is 41.8 Å². The lowest BCUT2D eigenvalue weighted by Crippen LogP contribution is -2.45. The lowest BCUT2D eigenvalue weighted by atomic mass is 9.95. The molecular weight excluding hydrogens is 440 g/mol. The van der Waals surface area contributed by atoms with Crippen LogP contribution in [0.15, 0.2) is 66.7 Å². The lowest BCUT2D eigenvalue weighted by Gasteiger charge is -2.24. The Morgan fingerprint density at radius 3 is 2.26 bits per heavy atom. The van der Waals surface area contributed by atoms with Crippen LogP contribution in [-0.2, 0) is 20.9 Å². The number of carbonyl (C=O) groups excluding carboxylic acids is 3. The van der Waals surface area contributed by atoms with E-state index in [1.54, 1.807) is 19.2 Å². The number of halogens is 2. The summed E-state index contributed by atoms with van der Waals surface area (Å²) in [5, 5.41) is 5.22. The third-order valence-electron chi connectivity index (χ3n) is 5.87. The molecule has 0 spiro atoms.